The molecule has 0 aliphatic carbocycles. The van der Waals surface area contributed by atoms with E-state index in [1.165, 1.54) is 0 Å². The van der Waals surface area contributed by atoms with Gasteiger partial charge < -0.3 is 20.6 Å². The Morgan fingerprint density at radius 2 is 1.39 bits per heavy atom. The van der Waals surface area contributed by atoms with Gasteiger partial charge in [-0.1, -0.05) is 19.3 Å². The Bertz CT molecular complexity index is 486. The van der Waals surface area contributed by atoms with Gasteiger partial charge in [0.25, 0.3) is 0 Å². The molecule has 0 rings (SSSR count). The minimum absolute atomic E-state index is 0.0395. The largest absolute Gasteiger partial charge is 0.480 e. The summed E-state index contributed by atoms with van der Waals surface area (Å²) in [5, 5.41) is 29.8. The first-order valence-corrected chi connectivity index (χ1v) is 10.2. The summed E-state index contributed by atoms with van der Waals surface area (Å²) in [7, 11) is 0. The Kier molecular flexibility index (Phi) is 15.1. The van der Waals surface area contributed by atoms with Gasteiger partial charge in [0, 0.05) is 13.0 Å². The lowest BCUT2D eigenvalue weighted by Crippen LogP contribution is -2.46. The van der Waals surface area contributed by atoms with E-state index in [2.05, 4.69) is 17.9 Å². The van der Waals surface area contributed by atoms with Crippen LogP contribution in [-0.2, 0) is 19.2 Å². The highest BCUT2D eigenvalue weighted by Gasteiger charge is 2.28. The molecular weight excluding hydrogens is 388 g/mol. The smallest absolute Gasteiger partial charge is 0.320 e. The molecule has 0 aromatic carbocycles. The van der Waals surface area contributed by atoms with E-state index < -0.39 is 37.0 Å². The predicted octanol–water partition coefficient (Wildman–Crippen LogP) is 1.47. The molecule has 0 radical (unpaired) electrons. The van der Waals surface area contributed by atoms with E-state index in [0.29, 0.717) is 25.8 Å². The summed E-state index contributed by atoms with van der Waals surface area (Å²) in [4.78, 5) is 45.7. The van der Waals surface area contributed by atoms with Crippen LogP contribution in [0, 0.1) is 0 Å². The van der Waals surface area contributed by atoms with Gasteiger partial charge in [-0.25, -0.2) is 0 Å². The lowest BCUT2D eigenvalue weighted by molar-refractivity contribution is -0.149. The van der Waals surface area contributed by atoms with Crippen LogP contribution in [0.1, 0.15) is 57.8 Å². The zero-order chi connectivity index (χ0) is 21.4. The van der Waals surface area contributed by atoms with E-state index in [0.717, 1.165) is 42.8 Å². The second kappa shape index (κ2) is 16.2. The number of carboxylic acid groups (broad SMARTS) is 3. The number of carboxylic acids is 3. The van der Waals surface area contributed by atoms with Crippen LogP contribution in [0.15, 0.2) is 0 Å². The Labute approximate surface area is 170 Å². The number of nitrogens with zero attached hydrogens (tertiary/aromatic N) is 1. The maximum atomic E-state index is 11.7. The van der Waals surface area contributed by atoms with Gasteiger partial charge in [0.05, 0.1) is 13.1 Å². The summed E-state index contributed by atoms with van der Waals surface area (Å²) in [6.07, 6.45) is 6.67. The van der Waals surface area contributed by atoms with E-state index in [-0.39, 0.29) is 12.3 Å². The fraction of sp³-hybridized carbons (Fsp3) is 0.778. The van der Waals surface area contributed by atoms with E-state index in [9.17, 15) is 24.3 Å². The van der Waals surface area contributed by atoms with Crippen molar-refractivity contribution < 1.29 is 34.5 Å². The molecule has 9 nitrogen and oxygen atoms in total. The minimum Gasteiger partial charge on any atom is -0.480 e. The average molecular weight is 421 g/mol. The van der Waals surface area contributed by atoms with E-state index >= 15 is 0 Å². The van der Waals surface area contributed by atoms with Gasteiger partial charge in [-0.05, 0) is 37.9 Å². The Morgan fingerprint density at radius 3 is 1.93 bits per heavy atom. The van der Waals surface area contributed by atoms with Gasteiger partial charge in [-0.2, -0.15) is 12.6 Å². The monoisotopic (exact) mass is 420 g/mol. The van der Waals surface area contributed by atoms with Crippen molar-refractivity contribution in [1.82, 2.24) is 10.2 Å². The van der Waals surface area contributed by atoms with Crippen LogP contribution in [0.25, 0.3) is 0 Å². The number of hydrogen-bond donors (Lipinski definition) is 5. The first-order chi connectivity index (χ1) is 13.3. The van der Waals surface area contributed by atoms with Crippen LogP contribution >= 0.6 is 12.6 Å². The minimum atomic E-state index is -1.29. The molecule has 0 saturated heterocycles. The van der Waals surface area contributed by atoms with Crippen molar-refractivity contribution in [2.24, 2.45) is 0 Å². The van der Waals surface area contributed by atoms with E-state index in [4.69, 9.17) is 10.2 Å². The average Bonchev–Trinajstić information content (AvgIpc) is 2.59. The first kappa shape index (κ1) is 26.2. The van der Waals surface area contributed by atoms with Gasteiger partial charge in [-0.3, -0.25) is 24.1 Å². The number of aliphatic carboxylic acids is 3. The number of thiol groups is 1. The Morgan fingerprint density at radius 1 is 0.821 bits per heavy atom. The molecule has 0 aromatic rings. The number of nitrogens with one attached hydrogen (secondary N) is 1. The number of unbranched alkanes of at least 4 members (excludes halogenated alkanes) is 5. The zero-order valence-electron chi connectivity index (χ0n) is 16.1. The standard InChI is InChI=1S/C18H32N2O7S/c21-15(9-4-2-1-3-7-11-28)19-10-6-5-8-14(18(26)27)20(12-16(22)23)13-17(24)25/h14,28H,1-13H2,(H,19,21)(H,22,23)(H,24,25)(H,26,27). The van der Waals surface area contributed by atoms with Crippen LogP contribution in [-0.4, -0.2) is 75.5 Å². The molecule has 28 heavy (non-hydrogen) atoms. The second-order valence-corrected chi connectivity index (χ2v) is 7.08. The fourth-order valence-electron chi connectivity index (χ4n) is 2.79. The molecule has 10 heteroatoms. The molecule has 0 aliphatic heterocycles. The number of rotatable bonds is 18. The summed E-state index contributed by atoms with van der Waals surface area (Å²) in [6.45, 7) is -0.912. The predicted molar refractivity (Wildman–Crippen MR) is 107 cm³/mol. The normalized spacial score (nSPS) is 11.9. The lowest BCUT2D eigenvalue weighted by atomic mass is 10.1. The molecule has 1 unspecified atom stereocenters. The molecule has 0 saturated carbocycles. The third-order valence-electron chi connectivity index (χ3n) is 4.19. The van der Waals surface area contributed by atoms with Gasteiger partial charge >= 0.3 is 17.9 Å². The molecule has 0 fully saturated rings. The Balaban J connectivity index is 4.11. The number of amides is 1. The third kappa shape index (κ3) is 14.3. The molecule has 0 aliphatic rings. The van der Waals surface area contributed by atoms with Crippen LogP contribution in [0.4, 0.5) is 0 Å². The molecule has 1 amide bonds. The maximum Gasteiger partial charge on any atom is 0.320 e. The van der Waals surface area contributed by atoms with Crippen LogP contribution in [0.2, 0.25) is 0 Å². The quantitative estimate of drug-likeness (QED) is 0.166. The molecule has 4 N–H and O–H groups in total. The van der Waals surface area contributed by atoms with Gasteiger partial charge in [0.2, 0.25) is 5.91 Å². The summed E-state index contributed by atoms with van der Waals surface area (Å²) >= 11 is 4.15. The van der Waals surface area contributed by atoms with Crippen molar-refractivity contribution in [3.8, 4) is 0 Å². The molecule has 0 spiro atoms. The van der Waals surface area contributed by atoms with Crippen molar-refractivity contribution in [1.29, 1.82) is 0 Å². The van der Waals surface area contributed by atoms with Crippen molar-refractivity contribution in [3.63, 3.8) is 0 Å². The molecule has 1 atom stereocenters. The van der Waals surface area contributed by atoms with Gasteiger partial charge in [0.1, 0.15) is 6.04 Å². The highest BCUT2D eigenvalue weighted by molar-refractivity contribution is 7.80. The van der Waals surface area contributed by atoms with Crippen LogP contribution in [0.5, 0.6) is 0 Å². The maximum absolute atomic E-state index is 11.7. The van der Waals surface area contributed by atoms with Crippen LogP contribution < -0.4 is 5.32 Å². The van der Waals surface area contributed by atoms with Gasteiger partial charge in [-0.15, -0.1) is 0 Å². The first-order valence-electron chi connectivity index (χ1n) is 9.56. The molecule has 0 aromatic heterocycles. The van der Waals surface area contributed by atoms with E-state index in [1.807, 2.05) is 0 Å². The second-order valence-electron chi connectivity index (χ2n) is 6.63. The highest BCUT2D eigenvalue weighted by Crippen LogP contribution is 2.10. The SMILES string of the molecule is O=C(O)CN(CC(=O)O)C(CCCCNC(=O)CCCCCCCS)C(=O)O. The highest BCUT2D eigenvalue weighted by atomic mass is 32.1. The van der Waals surface area contributed by atoms with Crippen molar-refractivity contribution >= 4 is 36.4 Å². The summed E-state index contributed by atoms with van der Waals surface area (Å²) in [6, 6.07) is -1.19. The molecule has 0 bridgehead atoms. The molecule has 162 valence electrons. The molecule has 0 heterocycles. The lowest BCUT2D eigenvalue weighted by Gasteiger charge is -2.25. The van der Waals surface area contributed by atoms with Crippen molar-refractivity contribution in [2.45, 2.75) is 63.8 Å². The summed E-state index contributed by atoms with van der Waals surface area (Å²) in [5.74, 6) is -2.99. The number of hydrogen-bond acceptors (Lipinski definition) is 6. The topological polar surface area (TPSA) is 144 Å². The van der Waals surface area contributed by atoms with Crippen molar-refractivity contribution in [2.75, 3.05) is 25.4 Å². The van der Waals surface area contributed by atoms with Crippen molar-refractivity contribution in [3.05, 3.63) is 0 Å². The summed E-state index contributed by atoms with van der Waals surface area (Å²) < 4.78 is 0. The molecular formula is C18H32N2O7S. The zero-order valence-corrected chi connectivity index (χ0v) is 17.0. The third-order valence-corrected chi connectivity index (χ3v) is 4.51. The number of carbonyl (C=O) groups excluding carboxylic acids is 1. The van der Waals surface area contributed by atoms with Gasteiger partial charge in [0.15, 0.2) is 0 Å². The Hall–Kier alpha value is -1.81. The van der Waals surface area contributed by atoms with Crippen LogP contribution in [0.3, 0.4) is 0 Å². The van der Waals surface area contributed by atoms with E-state index in [1.54, 1.807) is 0 Å². The summed E-state index contributed by atoms with van der Waals surface area (Å²) in [5.41, 5.74) is 0. The number of carbonyl (C=O) groups is 4. The fourth-order valence-corrected chi connectivity index (χ4v) is 3.02.